The normalized spacial score (nSPS) is 21.2. The first kappa shape index (κ1) is 15.8. The Morgan fingerprint density at radius 1 is 1.33 bits per heavy atom. The van der Waals surface area contributed by atoms with Crippen molar-refractivity contribution in [2.24, 2.45) is 0 Å². The summed E-state index contributed by atoms with van der Waals surface area (Å²) in [4.78, 5) is 26.6. The predicted octanol–water partition coefficient (Wildman–Crippen LogP) is 2.48. The maximum Gasteiger partial charge on any atom is 0.252 e. The minimum atomic E-state index is -0.918. The van der Waals surface area contributed by atoms with Crippen molar-refractivity contribution in [2.45, 2.75) is 38.8 Å². The summed E-state index contributed by atoms with van der Waals surface area (Å²) in [6, 6.07) is 4.88. The summed E-state index contributed by atoms with van der Waals surface area (Å²) in [6.45, 7) is 5.31. The standard InChI is InChI=1S/C15H19BrN2O3/c1-5-12-13(19)17-15(2,3)14(20)18(12)10-6-9(16)7-11(8-10)21-4/h6-8,12H,5H2,1-4H3,(H,17,19). The molecule has 1 N–H and O–H groups in total. The molecule has 1 fully saturated rings. The van der Waals surface area contributed by atoms with Crippen LogP contribution >= 0.6 is 15.9 Å². The van der Waals surface area contributed by atoms with Crippen LogP contribution in [0.25, 0.3) is 0 Å². The number of piperazine rings is 1. The van der Waals surface area contributed by atoms with Crippen LogP contribution in [0.1, 0.15) is 27.2 Å². The van der Waals surface area contributed by atoms with Gasteiger partial charge in [0, 0.05) is 16.2 Å². The van der Waals surface area contributed by atoms with E-state index in [0.29, 0.717) is 17.9 Å². The van der Waals surface area contributed by atoms with E-state index in [1.165, 1.54) is 0 Å². The molecule has 0 spiro atoms. The highest BCUT2D eigenvalue weighted by Crippen LogP contribution is 2.32. The van der Waals surface area contributed by atoms with Crippen molar-refractivity contribution in [2.75, 3.05) is 12.0 Å². The Labute approximate surface area is 132 Å². The average Bonchev–Trinajstić information content (AvgIpc) is 2.41. The number of rotatable bonds is 3. The van der Waals surface area contributed by atoms with Gasteiger partial charge in [0.15, 0.2) is 0 Å². The lowest BCUT2D eigenvalue weighted by atomic mass is 9.95. The van der Waals surface area contributed by atoms with E-state index in [2.05, 4.69) is 21.2 Å². The van der Waals surface area contributed by atoms with Crippen LogP contribution in [0.2, 0.25) is 0 Å². The molecule has 21 heavy (non-hydrogen) atoms. The number of amides is 2. The van der Waals surface area contributed by atoms with E-state index in [-0.39, 0.29) is 11.8 Å². The van der Waals surface area contributed by atoms with Crippen LogP contribution in [0.4, 0.5) is 5.69 Å². The molecule has 1 atom stereocenters. The molecule has 0 aromatic heterocycles. The van der Waals surface area contributed by atoms with Crippen molar-refractivity contribution in [1.29, 1.82) is 0 Å². The molecule has 0 radical (unpaired) electrons. The molecule has 0 aliphatic carbocycles. The van der Waals surface area contributed by atoms with Crippen molar-refractivity contribution in [3.05, 3.63) is 22.7 Å². The van der Waals surface area contributed by atoms with Gasteiger partial charge in [-0.3, -0.25) is 14.5 Å². The van der Waals surface area contributed by atoms with Crippen LogP contribution in [-0.2, 0) is 9.59 Å². The molecule has 1 aliphatic rings. The van der Waals surface area contributed by atoms with Crippen molar-refractivity contribution in [3.63, 3.8) is 0 Å². The number of carbonyl (C=O) groups excluding carboxylic acids is 2. The van der Waals surface area contributed by atoms with E-state index in [9.17, 15) is 9.59 Å². The average molecular weight is 355 g/mol. The number of hydrogen-bond donors (Lipinski definition) is 1. The number of benzene rings is 1. The Kier molecular flexibility index (Phi) is 4.27. The number of nitrogens with one attached hydrogen (secondary N) is 1. The number of anilines is 1. The fourth-order valence-corrected chi connectivity index (χ4v) is 2.93. The molecule has 0 bridgehead atoms. The molecule has 1 unspecified atom stereocenters. The lowest BCUT2D eigenvalue weighted by Gasteiger charge is -2.42. The topological polar surface area (TPSA) is 58.6 Å². The molecule has 114 valence electrons. The Bertz CT molecular complexity index is 586. The second-order valence-corrected chi connectivity index (χ2v) is 6.48. The van der Waals surface area contributed by atoms with Gasteiger partial charge in [-0.25, -0.2) is 0 Å². The SMILES string of the molecule is CCC1C(=O)NC(C)(C)C(=O)N1c1cc(Br)cc(OC)c1. The third-order valence-corrected chi connectivity index (χ3v) is 4.02. The molecule has 1 aromatic carbocycles. The van der Waals surface area contributed by atoms with Gasteiger partial charge in [-0.15, -0.1) is 0 Å². The van der Waals surface area contributed by atoms with Crippen LogP contribution < -0.4 is 15.0 Å². The van der Waals surface area contributed by atoms with Crippen LogP contribution in [-0.4, -0.2) is 30.5 Å². The summed E-state index contributed by atoms with van der Waals surface area (Å²) in [5.41, 5.74) is -0.265. The summed E-state index contributed by atoms with van der Waals surface area (Å²) in [7, 11) is 1.57. The van der Waals surface area contributed by atoms with Crippen molar-refractivity contribution < 1.29 is 14.3 Å². The monoisotopic (exact) mass is 354 g/mol. The first-order chi connectivity index (χ1) is 9.80. The molecular formula is C15H19BrN2O3. The first-order valence-corrected chi connectivity index (χ1v) is 7.59. The number of carbonyl (C=O) groups is 2. The van der Waals surface area contributed by atoms with Gasteiger partial charge in [-0.2, -0.15) is 0 Å². The van der Waals surface area contributed by atoms with Gasteiger partial charge >= 0.3 is 0 Å². The minimum Gasteiger partial charge on any atom is -0.497 e. The number of nitrogens with zero attached hydrogens (tertiary/aromatic N) is 1. The van der Waals surface area contributed by atoms with Gasteiger partial charge in [0.2, 0.25) is 5.91 Å². The van der Waals surface area contributed by atoms with Gasteiger partial charge in [0.05, 0.1) is 7.11 Å². The Balaban J connectivity index is 2.53. The van der Waals surface area contributed by atoms with E-state index in [1.807, 2.05) is 19.1 Å². The summed E-state index contributed by atoms with van der Waals surface area (Å²) in [5, 5.41) is 2.78. The number of hydrogen-bond acceptors (Lipinski definition) is 3. The third-order valence-electron chi connectivity index (χ3n) is 3.56. The Hall–Kier alpha value is -1.56. The lowest BCUT2D eigenvalue weighted by molar-refractivity contribution is -0.137. The zero-order valence-corrected chi connectivity index (χ0v) is 14.2. The maximum absolute atomic E-state index is 12.7. The number of ether oxygens (including phenoxy) is 1. The maximum atomic E-state index is 12.7. The molecule has 2 rings (SSSR count). The zero-order chi connectivity index (χ0) is 15.8. The molecule has 1 heterocycles. The number of halogens is 1. The molecule has 2 amide bonds. The van der Waals surface area contributed by atoms with Crippen molar-refractivity contribution in [3.8, 4) is 5.75 Å². The summed E-state index contributed by atoms with van der Waals surface area (Å²) >= 11 is 3.41. The van der Waals surface area contributed by atoms with Gasteiger partial charge in [0.25, 0.3) is 5.91 Å². The molecule has 1 aliphatic heterocycles. The highest BCUT2D eigenvalue weighted by atomic mass is 79.9. The largest absolute Gasteiger partial charge is 0.497 e. The zero-order valence-electron chi connectivity index (χ0n) is 12.6. The Morgan fingerprint density at radius 2 is 2.00 bits per heavy atom. The van der Waals surface area contributed by atoms with Crippen LogP contribution in [0.5, 0.6) is 5.75 Å². The van der Waals surface area contributed by atoms with E-state index in [4.69, 9.17) is 4.74 Å². The molecule has 5 nitrogen and oxygen atoms in total. The van der Waals surface area contributed by atoms with Gasteiger partial charge in [-0.1, -0.05) is 22.9 Å². The molecule has 1 saturated heterocycles. The minimum absolute atomic E-state index is 0.130. The van der Waals surface area contributed by atoms with Crippen LogP contribution in [0.3, 0.4) is 0 Å². The van der Waals surface area contributed by atoms with E-state index >= 15 is 0 Å². The second-order valence-electron chi connectivity index (χ2n) is 5.56. The van der Waals surface area contributed by atoms with E-state index in [0.717, 1.165) is 4.47 Å². The quantitative estimate of drug-likeness (QED) is 0.906. The van der Waals surface area contributed by atoms with E-state index in [1.54, 1.807) is 31.9 Å². The third kappa shape index (κ3) is 2.90. The molecular weight excluding hydrogens is 336 g/mol. The van der Waals surface area contributed by atoms with Crippen LogP contribution in [0.15, 0.2) is 22.7 Å². The smallest absolute Gasteiger partial charge is 0.252 e. The summed E-state index contributed by atoms with van der Waals surface area (Å²) in [5.74, 6) is 0.362. The van der Waals surface area contributed by atoms with Crippen molar-refractivity contribution >= 4 is 33.4 Å². The van der Waals surface area contributed by atoms with Crippen molar-refractivity contribution in [1.82, 2.24) is 5.32 Å². The van der Waals surface area contributed by atoms with Gasteiger partial charge in [0.1, 0.15) is 17.3 Å². The van der Waals surface area contributed by atoms with Crippen LogP contribution in [0, 0.1) is 0 Å². The predicted molar refractivity (Wildman–Crippen MR) is 84.5 cm³/mol. The fourth-order valence-electron chi connectivity index (χ4n) is 2.47. The highest BCUT2D eigenvalue weighted by molar-refractivity contribution is 9.10. The second kappa shape index (κ2) is 5.67. The highest BCUT2D eigenvalue weighted by Gasteiger charge is 2.45. The first-order valence-electron chi connectivity index (χ1n) is 6.80. The summed E-state index contributed by atoms with van der Waals surface area (Å²) in [6.07, 6.45) is 0.544. The van der Waals surface area contributed by atoms with Gasteiger partial charge in [-0.05, 0) is 32.4 Å². The van der Waals surface area contributed by atoms with Gasteiger partial charge < -0.3 is 10.1 Å². The molecule has 6 heteroatoms. The molecule has 1 aromatic rings. The number of methoxy groups -OCH3 is 1. The lowest BCUT2D eigenvalue weighted by Crippen LogP contribution is -2.68. The molecule has 0 saturated carbocycles. The summed E-state index contributed by atoms with van der Waals surface area (Å²) < 4.78 is 6.04. The fraction of sp³-hybridized carbons (Fsp3) is 0.467. The van der Waals surface area contributed by atoms with E-state index < -0.39 is 11.6 Å². The Morgan fingerprint density at radius 3 is 2.57 bits per heavy atom.